The summed E-state index contributed by atoms with van der Waals surface area (Å²) in [7, 11) is 1.95. The fraction of sp³-hybridized carbons (Fsp3) is 0.467. The van der Waals surface area contributed by atoms with Crippen LogP contribution >= 0.6 is 12.6 Å². The van der Waals surface area contributed by atoms with Gasteiger partial charge in [0.15, 0.2) is 0 Å². The Kier molecular flexibility index (Phi) is 6.73. The van der Waals surface area contributed by atoms with E-state index in [1.807, 2.05) is 37.9 Å². The molecule has 0 saturated heterocycles. The SMILES string of the molecule is CN(CCOCc1cccnc1)C(C)(C)C#CC(=O)S. The first-order valence-corrected chi connectivity index (χ1v) is 6.80. The van der Waals surface area contributed by atoms with Crippen LogP contribution in [-0.4, -0.2) is 40.7 Å². The fourth-order valence-electron chi connectivity index (χ4n) is 1.46. The summed E-state index contributed by atoms with van der Waals surface area (Å²) in [6, 6.07) is 3.86. The first-order chi connectivity index (χ1) is 9.42. The van der Waals surface area contributed by atoms with E-state index in [0.717, 1.165) is 12.1 Å². The van der Waals surface area contributed by atoms with Crippen LogP contribution < -0.4 is 0 Å². The Labute approximate surface area is 125 Å². The minimum absolute atomic E-state index is 0.393. The monoisotopic (exact) mass is 292 g/mol. The van der Waals surface area contributed by atoms with Gasteiger partial charge in [0.2, 0.25) is 0 Å². The van der Waals surface area contributed by atoms with Crippen LogP contribution in [0.15, 0.2) is 24.5 Å². The molecule has 0 aliphatic carbocycles. The van der Waals surface area contributed by atoms with Crippen molar-refractivity contribution in [3.05, 3.63) is 30.1 Å². The molecule has 0 saturated carbocycles. The number of hydrogen-bond acceptors (Lipinski definition) is 4. The number of pyridine rings is 1. The third-order valence-corrected chi connectivity index (χ3v) is 3.10. The van der Waals surface area contributed by atoms with Crippen LogP contribution in [0.2, 0.25) is 0 Å². The molecule has 20 heavy (non-hydrogen) atoms. The van der Waals surface area contributed by atoms with E-state index < -0.39 is 10.7 Å². The van der Waals surface area contributed by atoms with E-state index in [2.05, 4.69) is 29.5 Å². The van der Waals surface area contributed by atoms with Gasteiger partial charge >= 0.3 is 0 Å². The number of carbonyl (C=O) groups is 1. The van der Waals surface area contributed by atoms with Crippen LogP contribution in [0.25, 0.3) is 0 Å². The molecule has 1 heterocycles. The van der Waals surface area contributed by atoms with Gasteiger partial charge in [-0.15, -0.1) is 0 Å². The zero-order valence-corrected chi connectivity index (χ0v) is 13.0. The highest BCUT2D eigenvalue weighted by Gasteiger charge is 2.20. The maximum atomic E-state index is 10.8. The lowest BCUT2D eigenvalue weighted by Crippen LogP contribution is -2.41. The van der Waals surface area contributed by atoms with Gasteiger partial charge in [0.25, 0.3) is 5.12 Å². The van der Waals surface area contributed by atoms with Gasteiger partial charge in [0, 0.05) is 18.9 Å². The van der Waals surface area contributed by atoms with Gasteiger partial charge in [-0.3, -0.25) is 14.7 Å². The minimum atomic E-state index is -0.417. The summed E-state index contributed by atoms with van der Waals surface area (Å²) in [4.78, 5) is 16.8. The predicted octanol–water partition coefficient (Wildman–Crippen LogP) is 1.77. The van der Waals surface area contributed by atoms with Crippen LogP contribution in [0.5, 0.6) is 0 Å². The molecule has 0 unspecified atom stereocenters. The van der Waals surface area contributed by atoms with Crippen molar-refractivity contribution in [2.75, 3.05) is 20.2 Å². The quantitative estimate of drug-likeness (QED) is 0.493. The van der Waals surface area contributed by atoms with E-state index in [0.29, 0.717) is 13.2 Å². The molecule has 0 aromatic carbocycles. The van der Waals surface area contributed by atoms with Crippen molar-refractivity contribution in [1.82, 2.24) is 9.88 Å². The first kappa shape index (κ1) is 16.7. The molecule has 4 nitrogen and oxygen atoms in total. The van der Waals surface area contributed by atoms with Gasteiger partial charge < -0.3 is 4.74 Å². The third-order valence-electron chi connectivity index (χ3n) is 2.99. The van der Waals surface area contributed by atoms with Crippen LogP contribution in [0.4, 0.5) is 0 Å². The summed E-state index contributed by atoms with van der Waals surface area (Å²) in [5.41, 5.74) is 0.658. The predicted molar refractivity (Wildman–Crippen MR) is 82.4 cm³/mol. The van der Waals surface area contributed by atoms with Gasteiger partial charge in [0.1, 0.15) is 0 Å². The zero-order valence-electron chi connectivity index (χ0n) is 12.1. The Morgan fingerprint density at radius 1 is 1.55 bits per heavy atom. The second-order valence-electron chi connectivity index (χ2n) is 4.95. The summed E-state index contributed by atoms with van der Waals surface area (Å²) in [6.07, 6.45) is 3.53. The van der Waals surface area contributed by atoms with Gasteiger partial charge in [-0.2, -0.15) is 0 Å². The molecule has 1 rings (SSSR count). The van der Waals surface area contributed by atoms with E-state index >= 15 is 0 Å². The molecule has 0 radical (unpaired) electrons. The molecule has 0 N–H and O–H groups in total. The van der Waals surface area contributed by atoms with Crippen LogP contribution in [0.3, 0.4) is 0 Å². The van der Waals surface area contributed by atoms with Crippen LogP contribution in [0, 0.1) is 11.8 Å². The van der Waals surface area contributed by atoms with Crippen LogP contribution in [-0.2, 0) is 16.1 Å². The van der Waals surface area contributed by atoms with Gasteiger partial charge in [-0.25, -0.2) is 0 Å². The molecule has 5 heteroatoms. The van der Waals surface area contributed by atoms with Crippen molar-refractivity contribution < 1.29 is 9.53 Å². The molecule has 0 atom stereocenters. The molecule has 0 fully saturated rings. The number of nitrogens with zero attached hydrogens (tertiary/aromatic N) is 2. The highest BCUT2D eigenvalue weighted by atomic mass is 32.1. The van der Waals surface area contributed by atoms with E-state index in [4.69, 9.17) is 4.74 Å². The van der Waals surface area contributed by atoms with Crippen molar-refractivity contribution in [3.8, 4) is 11.8 Å². The Hall–Kier alpha value is -1.35. The lowest BCUT2D eigenvalue weighted by Gasteiger charge is -2.30. The third kappa shape index (κ3) is 6.20. The van der Waals surface area contributed by atoms with Crippen LogP contribution in [0.1, 0.15) is 19.4 Å². The lowest BCUT2D eigenvalue weighted by molar-refractivity contribution is -0.106. The number of hydrogen-bond donors (Lipinski definition) is 1. The average molecular weight is 292 g/mol. The Bertz CT molecular complexity index is 492. The molecule has 0 spiro atoms. The van der Waals surface area contributed by atoms with E-state index in [1.165, 1.54) is 0 Å². The summed E-state index contributed by atoms with van der Waals surface area (Å²) in [5.74, 6) is 5.37. The number of aromatic nitrogens is 1. The van der Waals surface area contributed by atoms with Gasteiger partial charge in [0.05, 0.1) is 18.8 Å². The molecular weight excluding hydrogens is 272 g/mol. The summed E-state index contributed by atoms with van der Waals surface area (Å²) >= 11 is 3.64. The molecular formula is C15H20N2O2S. The Morgan fingerprint density at radius 2 is 2.30 bits per heavy atom. The zero-order chi connectivity index (χ0) is 15.0. The van der Waals surface area contributed by atoms with E-state index in [-0.39, 0.29) is 0 Å². The second-order valence-corrected chi connectivity index (χ2v) is 5.36. The molecule has 0 aliphatic rings. The van der Waals surface area contributed by atoms with E-state index in [9.17, 15) is 4.79 Å². The molecule has 0 aliphatic heterocycles. The average Bonchev–Trinajstić information content (AvgIpc) is 2.42. The summed E-state index contributed by atoms with van der Waals surface area (Å²) in [6.45, 7) is 5.77. The standard InChI is InChI=1S/C15H20N2O2S/c1-15(2,7-6-14(18)20)17(3)9-10-19-12-13-5-4-8-16-11-13/h4-5,8,11H,9-10,12H2,1-3H3,(H,18,20). The van der Waals surface area contributed by atoms with Gasteiger partial charge in [-0.1, -0.05) is 24.6 Å². The highest BCUT2D eigenvalue weighted by Crippen LogP contribution is 2.10. The number of thiol groups is 1. The summed E-state index contributed by atoms with van der Waals surface area (Å²) < 4.78 is 5.60. The van der Waals surface area contributed by atoms with Crippen molar-refractivity contribution in [3.63, 3.8) is 0 Å². The molecule has 1 aromatic rings. The fourth-order valence-corrected chi connectivity index (χ4v) is 1.51. The first-order valence-electron chi connectivity index (χ1n) is 6.36. The maximum absolute atomic E-state index is 10.8. The van der Waals surface area contributed by atoms with Crippen molar-refractivity contribution >= 4 is 17.7 Å². The normalized spacial score (nSPS) is 11.1. The van der Waals surface area contributed by atoms with Crippen molar-refractivity contribution in [1.29, 1.82) is 0 Å². The topological polar surface area (TPSA) is 42.4 Å². The van der Waals surface area contributed by atoms with Crippen molar-refractivity contribution in [2.45, 2.75) is 26.0 Å². The lowest BCUT2D eigenvalue weighted by atomic mass is 10.0. The number of carbonyl (C=O) groups excluding carboxylic acids is 1. The summed E-state index contributed by atoms with van der Waals surface area (Å²) in [5, 5.41) is -0.417. The molecule has 0 bridgehead atoms. The number of likely N-dealkylation sites (N-methyl/N-ethyl adjacent to an activating group) is 1. The smallest absolute Gasteiger partial charge is 0.259 e. The number of ether oxygens (including phenoxy) is 1. The number of rotatable bonds is 6. The largest absolute Gasteiger partial charge is 0.375 e. The Morgan fingerprint density at radius 3 is 2.90 bits per heavy atom. The molecule has 1 aromatic heterocycles. The molecule has 108 valence electrons. The van der Waals surface area contributed by atoms with Gasteiger partial charge in [-0.05, 0) is 38.4 Å². The van der Waals surface area contributed by atoms with E-state index in [1.54, 1.807) is 12.4 Å². The highest BCUT2D eigenvalue weighted by molar-refractivity contribution is 7.97. The van der Waals surface area contributed by atoms with Crippen molar-refractivity contribution in [2.24, 2.45) is 0 Å². The molecule has 0 amide bonds. The maximum Gasteiger partial charge on any atom is 0.259 e. The minimum Gasteiger partial charge on any atom is -0.375 e. The Balaban J connectivity index is 2.34. The second kappa shape index (κ2) is 8.05.